The number of hydrogen-bond acceptors (Lipinski definition) is 4. The van der Waals surface area contributed by atoms with Crippen molar-refractivity contribution in [1.29, 1.82) is 0 Å². The van der Waals surface area contributed by atoms with Crippen molar-refractivity contribution in [3.05, 3.63) is 47.2 Å². The molecule has 1 aromatic carbocycles. The second kappa shape index (κ2) is 6.18. The van der Waals surface area contributed by atoms with E-state index in [-0.39, 0.29) is 0 Å². The summed E-state index contributed by atoms with van der Waals surface area (Å²) in [5.74, 6) is 1.46. The van der Waals surface area contributed by atoms with E-state index in [0.717, 1.165) is 37.7 Å². The Labute approximate surface area is 119 Å². The van der Waals surface area contributed by atoms with Gasteiger partial charge < -0.3 is 9.73 Å². The summed E-state index contributed by atoms with van der Waals surface area (Å²) < 4.78 is 5.70. The first-order valence-corrected chi connectivity index (χ1v) is 7.40. The monoisotopic (exact) mass is 271 g/mol. The molecule has 20 heavy (non-hydrogen) atoms. The van der Waals surface area contributed by atoms with Crippen molar-refractivity contribution in [3.63, 3.8) is 0 Å². The molecule has 0 aliphatic heterocycles. The molecule has 0 bridgehead atoms. The van der Waals surface area contributed by atoms with Crippen LogP contribution in [0.2, 0.25) is 0 Å². The van der Waals surface area contributed by atoms with Gasteiger partial charge in [0.2, 0.25) is 11.8 Å². The highest BCUT2D eigenvalue weighted by Gasteiger charge is 2.19. The third kappa shape index (κ3) is 3.90. The summed E-state index contributed by atoms with van der Waals surface area (Å²) in [7, 11) is 0. The minimum Gasteiger partial charge on any atom is -0.425 e. The Morgan fingerprint density at radius 2 is 2.10 bits per heavy atom. The van der Waals surface area contributed by atoms with Gasteiger partial charge in [0.1, 0.15) is 0 Å². The van der Waals surface area contributed by atoms with Crippen molar-refractivity contribution in [2.45, 2.75) is 45.1 Å². The number of benzene rings is 1. The molecule has 1 N–H and O–H groups in total. The number of rotatable bonds is 7. The van der Waals surface area contributed by atoms with Gasteiger partial charge in [-0.1, -0.05) is 29.8 Å². The summed E-state index contributed by atoms with van der Waals surface area (Å²) in [6.07, 6.45) is 5.31. The standard InChI is InChI=1S/C16H21N3O/c1-12-4-2-5-13(10-12)11-16-19-18-15(20-16)6-3-9-17-14-7-8-14/h2,4-5,10,14,17H,3,6-9,11H2,1H3. The van der Waals surface area contributed by atoms with E-state index in [1.807, 2.05) is 0 Å². The molecule has 1 heterocycles. The first-order valence-electron chi connectivity index (χ1n) is 7.40. The average molecular weight is 271 g/mol. The van der Waals surface area contributed by atoms with Crippen LogP contribution >= 0.6 is 0 Å². The van der Waals surface area contributed by atoms with E-state index in [1.165, 1.54) is 24.0 Å². The number of aromatic nitrogens is 2. The van der Waals surface area contributed by atoms with Crippen LogP contribution in [0.5, 0.6) is 0 Å². The highest BCUT2D eigenvalue weighted by atomic mass is 16.4. The fourth-order valence-corrected chi connectivity index (χ4v) is 2.29. The molecule has 106 valence electrons. The Bertz CT molecular complexity index is 560. The normalized spacial score (nSPS) is 14.7. The zero-order chi connectivity index (χ0) is 13.8. The maximum absolute atomic E-state index is 5.70. The van der Waals surface area contributed by atoms with Crippen LogP contribution in [-0.4, -0.2) is 22.8 Å². The zero-order valence-electron chi connectivity index (χ0n) is 11.9. The number of aryl methyl sites for hydroxylation is 2. The molecule has 0 amide bonds. The molecular formula is C16H21N3O. The summed E-state index contributed by atoms with van der Waals surface area (Å²) in [6, 6.07) is 9.18. The Morgan fingerprint density at radius 1 is 1.25 bits per heavy atom. The summed E-state index contributed by atoms with van der Waals surface area (Å²) in [6.45, 7) is 3.13. The van der Waals surface area contributed by atoms with Gasteiger partial charge in [0.25, 0.3) is 0 Å². The van der Waals surface area contributed by atoms with E-state index in [0.29, 0.717) is 5.89 Å². The molecule has 4 nitrogen and oxygen atoms in total. The van der Waals surface area contributed by atoms with Crippen molar-refractivity contribution >= 4 is 0 Å². The fourth-order valence-electron chi connectivity index (χ4n) is 2.29. The Balaban J connectivity index is 1.48. The first kappa shape index (κ1) is 13.3. The van der Waals surface area contributed by atoms with Gasteiger partial charge >= 0.3 is 0 Å². The van der Waals surface area contributed by atoms with Crippen LogP contribution in [-0.2, 0) is 12.8 Å². The Kier molecular flexibility index (Phi) is 4.11. The molecule has 4 heteroatoms. The van der Waals surface area contributed by atoms with Gasteiger partial charge in [0, 0.05) is 12.5 Å². The predicted molar refractivity (Wildman–Crippen MR) is 77.6 cm³/mol. The van der Waals surface area contributed by atoms with Gasteiger partial charge in [-0.25, -0.2) is 0 Å². The number of nitrogens with one attached hydrogen (secondary N) is 1. The van der Waals surface area contributed by atoms with Crippen molar-refractivity contribution < 1.29 is 4.42 Å². The van der Waals surface area contributed by atoms with Crippen LogP contribution in [0.15, 0.2) is 28.7 Å². The van der Waals surface area contributed by atoms with Crippen molar-refractivity contribution in [2.75, 3.05) is 6.54 Å². The minimum absolute atomic E-state index is 0.709. The molecular weight excluding hydrogens is 250 g/mol. The second-order valence-electron chi connectivity index (χ2n) is 5.59. The second-order valence-corrected chi connectivity index (χ2v) is 5.59. The van der Waals surface area contributed by atoms with Crippen molar-refractivity contribution in [1.82, 2.24) is 15.5 Å². The third-order valence-corrected chi connectivity index (χ3v) is 3.52. The van der Waals surface area contributed by atoms with Gasteiger partial charge in [-0.05, 0) is 38.3 Å². The molecule has 1 aromatic heterocycles. The molecule has 3 rings (SSSR count). The SMILES string of the molecule is Cc1cccc(Cc2nnc(CCCNC3CC3)o2)c1. The lowest BCUT2D eigenvalue weighted by atomic mass is 10.1. The highest BCUT2D eigenvalue weighted by molar-refractivity contribution is 5.24. The first-order chi connectivity index (χ1) is 9.79. The molecule has 1 fully saturated rings. The Morgan fingerprint density at radius 3 is 2.90 bits per heavy atom. The maximum Gasteiger partial charge on any atom is 0.220 e. The largest absolute Gasteiger partial charge is 0.425 e. The lowest BCUT2D eigenvalue weighted by molar-refractivity contribution is 0.449. The van der Waals surface area contributed by atoms with Crippen LogP contribution in [0.4, 0.5) is 0 Å². The van der Waals surface area contributed by atoms with Crippen LogP contribution in [0, 0.1) is 6.92 Å². The van der Waals surface area contributed by atoms with Crippen LogP contribution in [0.1, 0.15) is 42.2 Å². The van der Waals surface area contributed by atoms with E-state index >= 15 is 0 Å². The Hall–Kier alpha value is -1.68. The van der Waals surface area contributed by atoms with E-state index in [9.17, 15) is 0 Å². The van der Waals surface area contributed by atoms with E-state index in [1.54, 1.807) is 0 Å². The molecule has 2 aromatic rings. The quantitative estimate of drug-likeness (QED) is 0.787. The topological polar surface area (TPSA) is 51.0 Å². The van der Waals surface area contributed by atoms with Gasteiger partial charge in [0.05, 0.1) is 6.42 Å². The molecule has 0 atom stereocenters. The lowest BCUT2D eigenvalue weighted by Crippen LogP contribution is -2.17. The van der Waals surface area contributed by atoms with Crippen LogP contribution in [0.3, 0.4) is 0 Å². The molecule has 1 saturated carbocycles. The predicted octanol–water partition coefficient (Wildman–Crippen LogP) is 2.65. The minimum atomic E-state index is 0.709. The number of nitrogens with zero attached hydrogens (tertiary/aromatic N) is 2. The molecule has 0 saturated heterocycles. The average Bonchev–Trinajstić information content (AvgIpc) is 3.15. The molecule has 1 aliphatic carbocycles. The molecule has 0 unspecified atom stereocenters. The van der Waals surface area contributed by atoms with Gasteiger partial charge in [-0.3, -0.25) is 0 Å². The summed E-state index contributed by atoms with van der Waals surface area (Å²) in [5, 5.41) is 11.7. The van der Waals surface area contributed by atoms with Crippen LogP contribution in [0.25, 0.3) is 0 Å². The maximum atomic E-state index is 5.70. The van der Waals surface area contributed by atoms with Gasteiger partial charge in [-0.2, -0.15) is 0 Å². The number of hydrogen-bond donors (Lipinski definition) is 1. The lowest BCUT2D eigenvalue weighted by Gasteiger charge is -2.00. The van der Waals surface area contributed by atoms with E-state index < -0.39 is 0 Å². The molecule has 1 aliphatic rings. The van der Waals surface area contributed by atoms with E-state index in [4.69, 9.17) is 4.42 Å². The van der Waals surface area contributed by atoms with E-state index in [2.05, 4.69) is 46.7 Å². The summed E-state index contributed by atoms with van der Waals surface area (Å²) in [4.78, 5) is 0. The smallest absolute Gasteiger partial charge is 0.220 e. The fraction of sp³-hybridized carbons (Fsp3) is 0.500. The zero-order valence-corrected chi connectivity index (χ0v) is 11.9. The summed E-state index contributed by atoms with van der Waals surface area (Å²) in [5.41, 5.74) is 2.48. The van der Waals surface area contributed by atoms with Gasteiger partial charge in [-0.15, -0.1) is 10.2 Å². The van der Waals surface area contributed by atoms with Gasteiger partial charge in [0.15, 0.2) is 0 Å². The van der Waals surface area contributed by atoms with Crippen molar-refractivity contribution in [2.24, 2.45) is 0 Å². The molecule has 0 spiro atoms. The molecule has 0 radical (unpaired) electrons. The third-order valence-electron chi connectivity index (χ3n) is 3.52. The summed E-state index contributed by atoms with van der Waals surface area (Å²) >= 11 is 0. The van der Waals surface area contributed by atoms with Crippen molar-refractivity contribution in [3.8, 4) is 0 Å². The van der Waals surface area contributed by atoms with Crippen LogP contribution < -0.4 is 5.32 Å². The highest BCUT2D eigenvalue weighted by Crippen LogP contribution is 2.18.